The van der Waals surface area contributed by atoms with Gasteiger partial charge < -0.3 is 4.74 Å². The summed E-state index contributed by atoms with van der Waals surface area (Å²) in [5.74, 6) is -2.83. The zero-order valence-electron chi connectivity index (χ0n) is 21.3. The average Bonchev–Trinajstić information content (AvgIpc) is 2.90. The number of alkyl halides is 5. The first-order valence-electron chi connectivity index (χ1n) is 12.1. The lowest BCUT2D eigenvalue weighted by Crippen LogP contribution is -2.22. The second-order valence-corrected chi connectivity index (χ2v) is 8.90. The van der Waals surface area contributed by atoms with Crippen molar-refractivity contribution in [1.82, 2.24) is 4.98 Å². The summed E-state index contributed by atoms with van der Waals surface area (Å²) in [6, 6.07) is 8.91. The van der Waals surface area contributed by atoms with Crippen LogP contribution in [0.2, 0.25) is 0 Å². The maximum absolute atomic E-state index is 14.8. The maximum Gasteiger partial charge on any atom is 0.426 e. The monoisotopic (exact) mass is 591 g/mol. The minimum atomic E-state index is -5.40. The van der Waals surface area contributed by atoms with Crippen molar-refractivity contribution in [2.75, 3.05) is 0 Å². The topological polar surface area (TPSA) is 22.1 Å². The zero-order valence-corrected chi connectivity index (χ0v) is 21.3. The third-order valence-corrected chi connectivity index (χ3v) is 5.89. The fourth-order valence-corrected chi connectivity index (χ4v) is 3.88. The van der Waals surface area contributed by atoms with Crippen LogP contribution in [0.4, 0.5) is 39.5 Å². The fraction of sp³-hybridized carbons (Fsp3) is 0.129. The molecule has 3 aromatic carbocycles. The predicted molar refractivity (Wildman–Crippen MR) is 136 cm³/mol. The number of aryl methyl sites for hydroxylation is 1. The Morgan fingerprint density at radius 3 is 1.93 bits per heavy atom. The number of ether oxygens (including phenoxy) is 1. The summed E-state index contributed by atoms with van der Waals surface area (Å²) in [4.78, 5) is 4.22. The van der Waals surface area contributed by atoms with E-state index in [2.05, 4.69) is 28.1 Å². The first kappa shape index (κ1) is 30.2. The van der Waals surface area contributed by atoms with Crippen LogP contribution in [0.5, 0.6) is 5.75 Å². The molecule has 0 saturated carbocycles. The summed E-state index contributed by atoms with van der Waals surface area (Å²) >= 11 is 0. The van der Waals surface area contributed by atoms with Gasteiger partial charge in [0.15, 0.2) is 0 Å². The third kappa shape index (κ3) is 6.94. The Balaban J connectivity index is 1.51. The first-order chi connectivity index (χ1) is 19.8. The Bertz CT molecular complexity index is 1620. The Morgan fingerprint density at radius 2 is 1.40 bits per heavy atom. The molecule has 0 unspecified atom stereocenters. The van der Waals surface area contributed by atoms with Gasteiger partial charge in [-0.3, -0.25) is 0 Å². The number of halogens is 9. The van der Waals surface area contributed by atoms with E-state index in [1.807, 2.05) is 6.07 Å². The Hall–Kier alpha value is -4.72. The highest BCUT2D eigenvalue weighted by molar-refractivity contribution is 5.66. The highest BCUT2D eigenvalue weighted by Crippen LogP contribution is 2.39. The van der Waals surface area contributed by atoms with Gasteiger partial charge in [0, 0.05) is 23.9 Å². The minimum Gasteiger partial charge on any atom is -0.429 e. The summed E-state index contributed by atoms with van der Waals surface area (Å²) in [5.41, 5.74) is -3.15. The van der Waals surface area contributed by atoms with Gasteiger partial charge in [0.2, 0.25) is 0 Å². The van der Waals surface area contributed by atoms with E-state index in [0.29, 0.717) is 23.4 Å². The van der Waals surface area contributed by atoms with E-state index in [9.17, 15) is 39.5 Å². The second-order valence-electron chi connectivity index (χ2n) is 8.90. The number of aromatic nitrogens is 1. The van der Waals surface area contributed by atoms with Gasteiger partial charge in [-0.1, -0.05) is 18.1 Å². The predicted octanol–water partition coefficient (Wildman–Crippen LogP) is 8.97. The van der Waals surface area contributed by atoms with Crippen molar-refractivity contribution in [3.05, 3.63) is 131 Å². The van der Waals surface area contributed by atoms with Crippen molar-refractivity contribution in [3.8, 4) is 28.7 Å². The van der Waals surface area contributed by atoms with E-state index < -0.39 is 63.6 Å². The smallest absolute Gasteiger partial charge is 0.426 e. The number of hydrogen-bond donors (Lipinski definition) is 0. The van der Waals surface area contributed by atoms with Crippen molar-refractivity contribution in [2.45, 2.75) is 25.1 Å². The molecule has 0 spiro atoms. The molecule has 0 bridgehead atoms. The quantitative estimate of drug-likeness (QED) is 0.122. The van der Waals surface area contributed by atoms with Gasteiger partial charge in [-0.05, 0) is 72.4 Å². The molecule has 0 saturated heterocycles. The van der Waals surface area contributed by atoms with Crippen molar-refractivity contribution in [3.63, 3.8) is 0 Å². The van der Waals surface area contributed by atoms with Crippen LogP contribution in [-0.2, 0) is 18.7 Å². The summed E-state index contributed by atoms with van der Waals surface area (Å²) in [6.45, 7) is 3.66. The lowest BCUT2D eigenvalue weighted by molar-refractivity contribution is -0.185. The minimum absolute atomic E-state index is 0.0858. The van der Waals surface area contributed by atoms with Gasteiger partial charge in [-0.2, -0.15) is 22.0 Å². The average molecular weight is 591 g/mol. The van der Waals surface area contributed by atoms with Crippen LogP contribution in [0.25, 0.3) is 11.1 Å². The van der Waals surface area contributed by atoms with Gasteiger partial charge in [0.05, 0.1) is 11.1 Å². The molecule has 0 radical (unpaired) electrons. The van der Waals surface area contributed by atoms with Crippen LogP contribution in [0.3, 0.4) is 0 Å². The Labute approximate surface area is 234 Å². The summed E-state index contributed by atoms with van der Waals surface area (Å²) in [5, 5.41) is 0. The first-order valence-corrected chi connectivity index (χ1v) is 12.1. The van der Waals surface area contributed by atoms with Gasteiger partial charge in [0.25, 0.3) is 0 Å². The van der Waals surface area contributed by atoms with Gasteiger partial charge in [0.1, 0.15) is 40.3 Å². The summed E-state index contributed by atoms with van der Waals surface area (Å²) < 4.78 is 130. The van der Waals surface area contributed by atoms with Gasteiger partial charge in [-0.15, -0.1) is 6.58 Å². The molecular weight excluding hydrogens is 573 g/mol. The fourth-order valence-electron chi connectivity index (χ4n) is 3.88. The molecule has 4 rings (SSSR count). The third-order valence-electron chi connectivity index (χ3n) is 5.89. The number of allylic oxidation sites excluding steroid dienone is 1. The van der Waals surface area contributed by atoms with E-state index in [0.717, 1.165) is 30.5 Å². The lowest BCUT2D eigenvalue weighted by atomic mass is 10.0. The maximum atomic E-state index is 14.8. The van der Waals surface area contributed by atoms with Gasteiger partial charge >= 0.3 is 12.3 Å². The van der Waals surface area contributed by atoms with Crippen LogP contribution >= 0.6 is 0 Å². The van der Waals surface area contributed by atoms with Crippen molar-refractivity contribution >= 4 is 0 Å². The zero-order chi connectivity index (χ0) is 30.7. The molecule has 2 nitrogen and oxygen atoms in total. The van der Waals surface area contributed by atoms with Crippen LogP contribution in [-0.4, -0.2) is 4.98 Å². The van der Waals surface area contributed by atoms with E-state index in [4.69, 9.17) is 0 Å². The number of pyridine rings is 1. The van der Waals surface area contributed by atoms with Gasteiger partial charge in [-0.25, -0.2) is 22.5 Å². The molecule has 4 aromatic rings. The highest BCUT2D eigenvalue weighted by atomic mass is 19.4. The number of benzene rings is 3. The van der Waals surface area contributed by atoms with E-state index >= 15 is 0 Å². The molecule has 0 aliphatic carbocycles. The lowest BCUT2D eigenvalue weighted by Gasteiger charge is -2.19. The summed E-state index contributed by atoms with van der Waals surface area (Å²) in [7, 11) is 0. The Morgan fingerprint density at radius 1 is 0.786 bits per heavy atom. The molecule has 0 aliphatic rings. The standard InChI is InChI=1S/C31H18F9NO/c1-2-3-4-19-8-12-22(41-17-19)11-7-18-5-9-21(10-6-18)31(39,40)42-23-15-24(32)28(25(33)16-23)20-13-26(34)29(27(35)14-20)30(36,37)38/h2,5-6,8-10,12-17H,1,3-4H2. The second kappa shape index (κ2) is 12.0. The normalized spacial score (nSPS) is 11.5. The van der Waals surface area contributed by atoms with Crippen molar-refractivity contribution < 1.29 is 44.3 Å². The molecule has 0 N–H and O–H groups in total. The summed E-state index contributed by atoms with van der Waals surface area (Å²) in [6.07, 6.45) is -4.43. The largest absolute Gasteiger partial charge is 0.429 e. The molecule has 11 heteroatoms. The SMILES string of the molecule is C=CCCc1ccc(C#Cc2ccc(C(F)(F)Oc3cc(F)c(-c4cc(F)c(C(F)(F)F)c(F)c4)c(F)c3)cc2)nc1. The van der Waals surface area contributed by atoms with Crippen LogP contribution in [0.1, 0.15) is 34.4 Å². The molecule has 0 fully saturated rings. The number of nitrogens with zero attached hydrogens (tertiary/aromatic N) is 1. The molecule has 0 atom stereocenters. The van der Waals surface area contributed by atoms with E-state index in [-0.39, 0.29) is 12.1 Å². The molecule has 1 aromatic heterocycles. The van der Waals surface area contributed by atoms with Crippen molar-refractivity contribution in [2.24, 2.45) is 0 Å². The molecule has 1 heterocycles. The van der Waals surface area contributed by atoms with E-state index in [1.165, 1.54) is 12.1 Å². The van der Waals surface area contributed by atoms with Crippen LogP contribution in [0, 0.1) is 35.1 Å². The number of hydrogen-bond acceptors (Lipinski definition) is 2. The molecular formula is C31H18F9NO. The van der Waals surface area contributed by atoms with Crippen molar-refractivity contribution in [1.29, 1.82) is 0 Å². The molecule has 0 amide bonds. The van der Waals surface area contributed by atoms with Crippen LogP contribution < -0.4 is 4.74 Å². The Kier molecular flexibility index (Phi) is 8.66. The van der Waals surface area contributed by atoms with Crippen LogP contribution in [0.15, 0.2) is 79.5 Å². The molecule has 216 valence electrons. The molecule has 42 heavy (non-hydrogen) atoms. The highest BCUT2D eigenvalue weighted by Gasteiger charge is 2.38. The molecule has 0 aliphatic heterocycles. The van der Waals surface area contributed by atoms with E-state index in [1.54, 1.807) is 18.3 Å². The number of rotatable bonds is 7.